The number of pyridine rings is 1. The average molecular weight is 208 g/mol. The number of nitrogen functional groups attached to an aromatic ring is 2. The molecular weight excluding hydrogens is 200 g/mol. The third-order valence-electron chi connectivity index (χ3n) is 1.54. The Hall–Kier alpha value is -1.10. The predicted octanol–water partition coefficient (Wildman–Crippen LogP) is 1.92. The summed E-state index contributed by atoms with van der Waals surface area (Å²) >= 11 is 5.47. The van der Waals surface area contributed by atoms with Gasteiger partial charge < -0.3 is 11.5 Å². The number of aromatic nitrogens is 1. The summed E-state index contributed by atoms with van der Waals surface area (Å²) < 4.78 is 24.6. The molecule has 0 fully saturated rings. The molecule has 4 N–H and O–H groups in total. The second-order valence-corrected chi connectivity index (χ2v) is 2.71. The van der Waals surface area contributed by atoms with Crippen molar-refractivity contribution in [3.8, 4) is 0 Å². The number of nitrogens with zero attached hydrogens (tertiary/aromatic N) is 1. The Morgan fingerprint density at radius 2 is 2.08 bits per heavy atom. The Labute approximate surface area is 78.7 Å². The maximum absolute atomic E-state index is 12.3. The number of halogens is 3. The number of hydrogen-bond acceptors (Lipinski definition) is 3. The molecule has 0 bridgehead atoms. The van der Waals surface area contributed by atoms with Crippen LogP contribution in [0, 0.1) is 0 Å². The molecule has 3 nitrogen and oxygen atoms in total. The molecule has 1 heterocycles. The summed E-state index contributed by atoms with van der Waals surface area (Å²) in [5, 5.41) is 0. The lowest BCUT2D eigenvalue weighted by atomic mass is 10.2. The van der Waals surface area contributed by atoms with Crippen LogP contribution in [-0.2, 0) is 5.88 Å². The molecule has 72 valence electrons. The van der Waals surface area contributed by atoms with Crippen molar-refractivity contribution in [2.24, 2.45) is 0 Å². The van der Waals surface area contributed by atoms with Gasteiger partial charge in [0.2, 0.25) is 0 Å². The molecule has 13 heavy (non-hydrogen) atoms. The summed E-state index contributed by atoms with van der Waals surface area (Å²) in [5.41, 5.74) is 10.5. The van der Waals surface area contributed by atoms with Gasteiger partial charge >= 0.3 is 0 Å². The molecular formula is C7H8ClF2N3. The Kier molecular flexibility index (Phi) is 2.87. The van der Waals surface area contributed by atoms with Gasteiger partial charge in [0.25, 0.3) is 6.43 Å². The molecule has 0 saturated carbocycles. The van der Waals surface area contributed by atoms with Crippen molar-refractivity contribution in [2.75, 3.05) is 11.5 Å². The van der Waals surface area contributed by atoms with Crippen LogP contribution >= 0.6 is 11.6 Å². The second kappa shape index (κ2) is 3.74. The van der Waals surface area contributed by atoms with Gasteiger partial charge in [-0.05, 0) is 11.6 Å². The SMILES string of the molecule is Nc1cc(CCl)c(N)c(C(F)F)n1. The van der Waals surface area contributed by atoms with Crippen LogP contribution < -0.4 is 11.5 Å². The van der Waals surface area contributed by atoms with E-state index >= 15 is 0 Å². The van der Waals surface area contributed by atoms with Crippen LogP contribution in [0.2, 0.25) is 0 Å². The van der Waals surface area contributed by atoms with Gasteiger partial charge in [0, 0.05) is 5.88 Å². The second-order valence-electron chi connectivity index (χ2n) is 2.44. The van der Waals surface area contributed by atoms with Gasteiger partial charge in [-0.2, -0.15) is 0 Å². The van der Waals surface area contributed by atoms with Gasteiger partial charge in [-0.1, -0.05) is 0 Å². The van der Waals surface area contributed by atoms with Gasteiger partial charge in [-0.15, -0.1) is 11.6 Å². The van der Waals surface area contributed by atoms with Crippen LogP contribution in [0.4, 0.5) is 20.3 Å². The first-order chi connectivity index (χ1) is 6.06. The van der Waals surface area contributed by atoms with E-state index in [9.17, 15) is 8.78 Å². The minimum Gasteiger partial charge on any atom is -0.397 e. The van der Waals surface area contributed by atoms with E-state index in [1.807, 2.05) is 0 Å². The molecule has 0 aromatic carbocycles. The molecule has 0 aliphatic heterocycles. The third-order valence-corrected chi connectivity index (χ3v) is 1.83. The summed E-state index contributed by atoms with van der Waals surface area (Å²) in [6.07, 6.45) is -2.73. The Morgan fingerprint density at radius 1 is 1.46 bits per heavy atom. The van der Waals surface area contributed by atoms with E-state index in [2.05, 4.69) is 4.98 Å². The summed E-state index contributed by atoms with van der Waals surface area (Å²) in [6.45, 7) is 0. The van der Waals surface area contributed by atoms with Gasteiger partial charge in [0.05, 0.1) is 5.69 Å². The highest BCUT2D eigenvalue weighted by Crippen LogP contribution is 2.28. The standard InChI is InChI=1S/C7H8ClF2N3/c8-2-3-1-4(11)13-6(5(3)12)7(9)10/h1,7H,2,12H2,(H2,11,13). The highest BCUT2D eigenvalue weighted by atomic mass is 35.5. The van der Waals surface area contributed by atoms with Crippen LogP contribution in [0.1, 0.15) is 17.7 Å². The molecule has 1 aromatic heterocycles. The first kappa shape index (κ1) is 9.98. The zero-order valence-electron chi connectivity index (χ0n) is 6.60. The Balaban J connectivity index is 3.27. The smallest absolute Gasteiger partial charge is 0.282 e. The topological polar surface area (TPSA) is 64.9 Å². The van der Waals surface area contributed by atoms with Crippen molar-refractivity contribution >= 4 is 23.1 Å². The summed E-state index contributed by atoms with van der Waals surface area (Å²) in [5.74, 6) is 0.0401. The van der Waals surface area contributed by atoms with E-state index in [1.54, 1.807) is 0 Å². The molecule has 0 aliphatic rings. The highest BCUT2D eigenvalue weighted by Gasteiger charge is 2.16. The van der Waals surface area contributed by atoms with E-state index in [-0.39, 0.29) is 17.4 Å². The molecule has 0 spiro atoms. The molecule has 0 radical (unpaired) electrons. The lowest BCUT2D eigenvalue weighted by Crippen LogP contribution is -2.05. The number of rotatable bonds is 2. The highest BCUT2D eigenvalue weighted by molar-refractivity contribution is 6.17. The fourth-order valence-corrected chi connectivity index (χ4v) is 1.15. The minimum atomic E-state index is -2.73. The minimum absolute atomic E-state index is 0.000139. The molecule has 0 atom stereocenters. The lowest BCUT2D eigenvalue weighted by molar-refractivity contribution is 0.147. The number of hydrogen-bond donors (Lipinski definition) is 2. The van der Waals surface area contributed by atoms with E-state index in [0.717, 1.165) is 0 Å². The molecule has 6 heteroatoms. The fraction of sp³-hybridized carbons (Fsp3) is 0.286. The molecule has 0 saturated heterocycles. The number of alkyl halides is 3. The predicted molar refractivity (Wildman–Crippen MR) is 47.6 cm³/mol. The van der Waals surface area contributed by atoms with Gasteiger partial charge in [0.15, 0.2) is 0 Å². The molecule has 0 unspecified atom stereocenters. The van der Waals surface area contributed by atoms with Crippen LogP contribution in [0.15, 0.2) is 6.07 Å². The fourth-order valence-electron chi connectivity index (χ4n) is 0.929. The first-order valence-corrected chi connectivity index (χ1v) is 3.98. The van der Waals surface area contributed by atoms with E-state index in [1.165, 1.54) is 6.07 Å². The average Bonchev–Trinajstić information content (AvgIpc) is 2.08. The van der Waals surface area contributed by atoms with Crippen molar-refractivity contribution in [1.29, 1.82) is 0 Å². The molecule has 1 rings (SSSR count). The van der Waals surface area contributed by atoms with Crippen molar-refractivity contribution in [3.05, 3.63) is 17.3 Å². The van der Waals surface area contributed by atoms with Crippen molar-refractivity contribution in [3.63, 3.8) is 0 Å². The summed E-state index contributed by atoms with van der Waals surface area (Å²) in [7, 11) is 0. The lowest BCUT2D eigenvalue weighted by Gasteiger charge is -2.08. The number of anilines is 2. The summed E-state index contributed by atoms with van der Waals surface area (Å²) in [6, 6.07) is 1.38. The van der Waals surface area contributed by atoms with Crippen LogP contribution in [-0.4, -0.2) is 4.98 Å². The molecule has 1 aromatic rings. The maximum Gasteiger partial charge on any atom is 0.282 e. The zero-order valence-corrected chi connectivity index (χ0v) is 7.35. The van der Waals surface area contributed by atoms with E-state index < -0.39 is 12.1 Å². The maximum atomic E-state index is 12.3. The normalized spacial score (nSPS) is 10.8. The Morgan fingerprint density at radius 3 is 2.54 bits per heavy atom. The zero-order chi connectivity index (χ0) is 10.0. The van der Waals surface area contributed by atoms with E-state index in [4.69, 9.17) is 23.1 Å². The van der Waals surface area contributed by atoms with Crippen LogP contribution in [0.25, 0.3) is 0 Å². The van der Waals surface area contributed by atoms with Crippen molar-refractivity contribution in [1.82, 2.24) is 4.98 Å². The largest absolute Gasteiger partial charge is 0.397 e. The van der Waals surface area contributed by atoms with E-state index in [0.29, 0.717) is 5.56 Å². The Bertz CT molecular complexity index is 317. The molecule has 0 aliphatic carbocycles. The monoisotopic (exact) mass is 207 g/mol. The van der Waals surface area contributed by atoms with Gasteiger partial charge in [-0.3, -0.25) is 0 Å². The van der Waals surface area contributed by atoms with Gasteiger partial charge in [-0.25, -0.2) is 13.8 Å². The van der Waals surface area contributed by atoms with Crippen LogP contribution in [0.3, 0.4) is 0 Å². The van der Waals surface area contributed by atoms with Crippen LogP contribution in [0.5, 0.6) is 0 Å². The first-order valence-electron chi connectivity index (χ1n) is 3.45. The number of nitrogens with two attached hydrogens (primary N) is 2. The molecule has 0 amide bonds. The third kappa shape index (κ3) is 1.98. The quantitative estimate of drug-likeness (QED) is 0.729. The van der Waals surface area contributed by atoms with Crippen molar-refractivity contribution < 1.29 is 8.78 Å². The van der Waals surface area contributed by atoms with Gasteiger partial charge in [0.1, 0.15) is 11.5 Å². The van der Waals surface area contributed by atoms with Crippen molar-refractivity contribution in [2.45, 2.75) is 12.3 Å². The summed E-state index contributed by atoms with van der Waals surface area (Å²) in [4.78, 5) is 3.42.